The second-order valence-electron chi connectivity index (χ2n) is 7.26. The highest BCUT2D eigenvalue weighted by molar-refractivity contribution is 5.98. The summed E-state index contributed by atoms with van der Waals surface area (Å²) in [5.41, 5.74) is 2.36. The van der Waals surface area contributed by atoms with Gasteiger partial charge in [0.25, 0.3) is 0 Å². The monoisotopic (exact) mass is 377 g/mol. The molecule has 0 bridgehead atoms. The van der Waals surface area contributed by atoms with Crippen molar-refractivity contribution in [3.63, 3.8) is 0 Å². The molecule has 0 aliphatic carbocycles. The van der Waals surface area contributed by atoms with E-state index < -0.39 is 0 Å². The number of ether oxygens (including phenoxy) is 1. The van der Waals surface area contributed by atoms with Crippen molar-refractivity contribution in [2.24, 2.45) is 0 Å². The Morgan fingerprint density at radius 2 is 1.96 bits per heavy atom. The minimum atomic E-state index is -0.173. The molecule has 2 aromatic rings. The van der Waals surface area contributed by atoms with Crippen molar-refractivity contribution in [1.29, 1.82) is 5.26 Å². The zero-order valence-electron chi connectivity index (χ0n) is 15.6. The summed E-state index contributed by atoms with van der Waals surface area (Å²) in [4.78, 5) is 17.2. The topological polar surface area (TPSA) is 76.8 Å². The number of carbonyl (C=O) groups excluding carboxylic acids is 1. The van der Waals surface area contributed by atoms with Crippen molar-refractivity contribution in [2.45, 2.75) is 25.0 Å². The normalized spacial score (nSPS) is 23.4. The number of phenols is 1. The van der Waals surface area contributed by atoms with Crippen LogP contribution in [0.3, 0.4) is 0 Å². The Morgan fingerprint density at radius 3 is 2.71 bits per heavy atom. The van der Waals surface area contributed by atoms with Gasteiger partial charge in [-0.2, -0.15) is 5.26 Å². The number of anilines is 1. The molecule has 4 rings (SSSR count). The van der Waals surface area contributed by atoms with Crippen LogP contribution in [-0.2, 0) is 9.53 Å². The molecule has 6 nitrogen and oxygen atoms in total. The highest BCUT2D eigenvalue weighted by Crippen LogP contribution is 2.29. The number of carbonyl (C=O) groups is 1. The fraction of sp³-hybridized carbons (Fsp3) is 0.364. The largest absolute Gasteiger partial charge is 0.508 e. The van der Waals surface area contributed by atoms with Crippen LogP contribution in [0, 0.1) is 11.3 Å². The number of nitriles is 1. The number of amides is 1. The standard InChI is InChI=1S/C22H23N3O3/c23-14-16-6-8-18(9-7-16)25-10-2-5-20(22(25)27)24-11-12-28-21(15-24)17-3-1-4-19(26)13-17/h1,3-4,6-9,13,20-21,26H,2,5,10-12,15H2. The first kappa shape index (κ1) is 18.5. The Hall–Kier alpha value is -2.88. The Labute approximate surface area is 164 Å². The van der Waals surface area contributed by atoms with Gasteiger partial charge in [-0.05, 0) is 54.8 Å². The molecule has 28 heavy (non-hydrogen) atoms. The third-order valence-corrected chi connectivity index (χ3v) is 5.50. The first-order chi connectivity index (χ1) is 13.7. The van der Waals surface area contributed by atoms with Crippen molar-refractivity contribution in [3.8, 4) is 11.8 Å². The predicted molar refractivity (Wildman–Crippen MR) is 105 cm³/mol. The van der Waals surface area contributed by atoms with Gasteiger partial charge in [0, 0.05) is 25.3 Å². The number of rotatable bonds is 3. The van der Waals surface area contributed by atoms with E-state index in [1.165, 1.54) is 0 Å². The van der Waals surface area contributed by atoms with E-state index in [0.29, 0.717) is 31.8 Å². The zero-order valence-corrected chi connectivity index (χ0v) is 15.6. The van der Waals surface area contributed by atoms with Crippen LogP contribution in [0.2, 0.25) is 0 Å². The molecule has 2 heterocycles. The quantitative estimate of drug-likeness (QED) is 0.890. The molecule has 1 N–H and O–H groups in total. The molecule has 2 saturated heterocycles. The van der Waals surface area contributed by atoms with Crippen molar-refractivity contribution in [3.05, 3.63) is 59.7 Å². The van der Waals surface area contributed by atoms with Crippen LogP contribution < -0.4 is 4.90 Å². The molecule has 2 atom stereocenters. The lowest BCUT2D eigenvalue weighted by Crippen LogP contribution is -2.55. The van der Waals surface area contributed by atoms with Gasteiger partial charge in [0.1, 0.15) is 5.75 Å². The summed E-state index contributed by atoms with van der Waals surface area (Å²) in [7, 11) is 0. The molecule has 0 radical (unpaired) electrons. The number of piperidine rings is 1. The van der Waals surface area contributed by atoms with Gasteiger partial charge in [-0.25, -0.2) is 0 Å². The zero-order chi connectivity index (χ0) is 19.5. The van der Waals surface area contributed by atoms with Gasteiger partial charge in [0.15, 0.2) is 0 Å². The Kier molecular flexibility index (Phi) is 5.29. The summed E-state index contributed by atoms with van der Waals surface area (Å²) in [6, 6.07) is 16.2. The first-order valence-electron chi connectivity index (χ1n) is 9.62. The van der Waals surface area contributed by atoms with Crippen LogP contribution in [0.4, 0.5) is 5.69 Å². The molecule has 2 unspecified atom stereocenters. The summed E-state index contributed by atoms with van der Waals surface area (Å²) >= 11 is 0. The molecule has 0 spiro atoms. The average molecular weight is 377 g/mol. The SMILES string of the molecule is N#Cc1ccc(N2CCCC(N3CCOC(c4cccc(O)c4)C3)C2=O)cc1. The molecule has 0 saturated carbocycles. The van der Waals surface area contributed by atoms with E-state index in [9.17, 15) is 9.90 Å². The average Bonchev–Trinajstić information content (AvgIpc) is 2.74. The number of hydrogen-bond acceptors (Lipinski definition) is 5. The van der Waals surface area contributed by atoms with Crippen molar-refractivity contribution >= 4 is 11.6 Å². The fourth-order valence-electron chi connectivity index (χ4n) is 4.05. The summed E-state index contributed by atoms with van der Waals surface area (Å²) in [5.74, 6) is 0.325. The van der Waals surface area contributed by atoms with Crippen LogP contribution in [0.5, 0.6) is 5.75 Å². The third kappa shape index (κ3) is 3.72. The molecule has 2 aliphatic heterocycles. The molecule has 2 aliphatic rings. The van der Waals surface area contributed by atoms with Gasteiger partial charge in [0.05, 0.1) is 30.4 Å². The number of nitrogens with zero attached hydrogens (tertiary/aromatic N) is 3. The van der Waals surface area contributed by atoms with E-state index in [1.807, 2.05) is 29.2 Å². The van der Waals surface area contributed by atoms with Crippen LogP contribution >= 0.6 is 0 Å². The van der Waals surface area contributed by atoms with Gasteiger partial charge in [-0.1, -0.05) is 12.1 Å². The predicted octanol–water partition coefficient (Wildman–Crippen LogP) is 2.83. The van der Waals surface area contributed by atoms with Gasteiger partial charge in [-0.3, -0.25) is 9.69 Å². The lowest BCUT2D eigenvalue weighted by molar-refractivity contribution is -0.129. The summed E-state index contributed by atoms with van der Waals surface area (Å²) in [5, 5.41) is 18.7. The van der Waals surface area contributed by atoms with E-state index in [2.05, 4.69) is 11.0 Å². The maximum Gasteiger partial charge on any atom is 0.244 e. The highest BCUT2D eigenvalue weighted by atomic mass is 16.5. The number of aromatic hydroxyl groups is 1. The minimum Gasteiger partial charge on any atom is -0.508 e. The van der Waals surface area contributed by atoms with E-state index in [4.69, 9.17) is 10.00 Å². The molecule has 2 aromatic carbocycles. The summed E-state index contributed by atoms with van der Waals surface area (Å²) in [6.07, 6.45) is 1.61. The fourth-order valence-corrected chi connectivity index (χ4v) is 4.05. The maximum atomic E-state index is 13.2. The number of phenolic OH excluding ortho intramolecular Hbond substituents is 1. The van der Waals surface area contributed by atoms with Crippen molar-refractivity contribution in [1.82, 2.24) is 4.90 Å². The van der Waals surface area contributed by atoms with E-state index in [1.54, 1.807) is 24.3 Å². The van der Waals surface area contributed by atoms with Gasteiger partial charge in [0.2, 0.25) is 5.91 Å². The Balaban J connectivity index is 1.50. The molecule has 6 heteroatoms. The second-order valence-corrected chi connectivity index (χ2v) is 7.26. The smallest absolute Gasteiger partial charge is 0.244 e. The van der Waals surface area contributed by atoms with Crippen LogP contribution in [-0.4, -0.2) is 48.2 Å². The molecular weight excluding hydrogens is 354 g/mol. The minimum absolute atomic E-state index is 0.104. The molecule has 144 valence electrons. The molecule has 0 aromatic heterocycles. The molecule has 2 fully saturated rings. The second kappa shape index (κ2) is 8.01. The number of benzene rings is 2. The lowest BCUT2D eigenvalue weighted by Gasteiger charge is -2.42. The summed E-state index contributed by atoms with van der Waals surface area (Å²) < 4.78 is 5.90. The van der Waals surface area contributed by atoms with Crippen molar-refractivity contribution < 1.29 is 14.6 Å². The third-order valence-electron chi connectivity index (χ3n) is 5.50. The molecular formula is C22H23N3O3. The van der Waals surface area contributed by atoms with E-state index in [0.717, 1.165) is 24.1 Å². The number of morpholine rings is 1. The van der Waals surface area contributed by atoms with Crippen molar-refractivity contribution in [2.75, 3.05) is 31.1 Å². The first-order valence-corrected chi connectivity index (χ1v) is 9.62. The maximum absolute atomic E-state index is 13.2. The van der Waals surface area contributed by atoms with Crippen LogP contribution in [0.1, 0.15) is 30.1 Å². The van der Waals surface area contributed by atoms with Gasteiger partial charge >= 0.3 is 0 Å². The van der Waals surface area contributed by atoms with Crippen LogP contribution in [0.25, 0.3) is 0 Å². The highest BCUT2D eigenvalue weighted by Gasteiger charge is 2.36. The van der Waals surface area contributed by atoms with Crippen LogP contribution in [0.15, 0.2) is 48.5 Å². The van der Waals surface area contributed by atoms with E-state index >= 15 is 0 Å². The molecule has 1 amide bonds. The number of hydrogen-bond donors (Lipinski definition) is 1. The lowest BCUT2D eigenvalue weighted by atomic mass is 9.99. The Bertz CT molecular complexity index is 891. The van der Waals surface area contributed by atoms with Gasteiger partial charge in [-0.15, -0.1) is 0 Å². The Morgan fingerprint density at radius 1 is 1.14 bits per heavy atom. The summed E-state index contributed by atoms with van der Waals surface area (Å²) in [6.45, 7) is 2.59. The van der Waals surface area contributed by atoms with Gasteiger partial charge < -0.3 is 14.7 Å². The van der Waals surface area contributed by atoms with E-state index in [-0.39, 0.29) is 23.8 Å².